The predicted molar refractivity (Wildman–Crippen MR) is 94.4 cm³/mol. The Balaban J connectivity index is 1.73. The Labute approximate surface area is 141 Å². The zero-order valence-corrected chi connectivity index (χ0v) is 13.3. The van der Waals surface area contributed by atoms with E-state index in [2.05, 4.69) is 22.5 Å². The van der Waals surface area contributed by atoms with Crippen LogP contribution < -0.4 is 11.1 Å². The van der Waals surface area contributed by atoms with Crippen molar-refractivity contribution in [1.82, 2.24) is 15.1 Å². The van der Waals surface area contributed by atoms with E-state index in [1.807, 2.05) is 12.1 Å². The summed E-state index contributed by atoms with van der Waals surface area (Å²) in [6, 6.07) is 13.3. The fraction of sp³-hybridized carbons (Fsp3) is 0.263. The van der Waals surface area contributed by atoms with Gasteiger partial charge in [0, 0.05) is 18.1 Å². The van der Waals surface area contributed by atoms with Gasteiger partial charge >= 0.3 is 0 Å². The molecule has 1 amide bonds. The first-order valence-corrected chi connectivity index (χ1v) is 8.24. The van der Waals surface area contributed by atoms with Crippen LogP contribution in [0.25, 0.3) is 16.6 Å². The molecule has 3 N–H and O–H groups in total. The number of nitrogens with two attached hydrogens (primary N) is 1. The Morgan fingerprint density at radius 2 is 2.12 bits per heavy atom. The number of amides is 1. The Kier molecular flexibility index (Phi) is 3.49. The Morgan fingerprint density at radius 3 is 2.83 bits per heavy atom. The summed E-state index contributed by atoms with van der Waals surface area (Å²) in [6.45, 7) is 2.11. The van der Waals surface area contributed by atoms with E-state index in [0.717, 1.165) is 18.8 Å². The number of nitrogens with one attached hydrogen (secondary N) is 1. The van der Waals surface area contributed by atoms with Crippen LogP contribution in [0.5, 0.6) is 0 Å². The molecule has 0 spiro atoms. The topological polar surface area (TPSA) is 72.9 Å². The maximum Gasteiger partial charge on any atom is 0.250 e. The van der Waals surface area contributed by atoms with Crippen LogP contribution >= 0.6 is 0 Å². The number of benzene rings is 2. The molecule has 4 rings (SSSR count). The van der Waals surface area contributed by atoms with E-state index < -0.39 is 5.91 Å². The number of rotatable bonds is 3. The van der Waals surface area contributed by atoms with E-state index in [4.69, 9.17) is 7.10 Å². The predicted octanol–water partition coefficient (Wildman–Crippen LogP) is 2.59. The van der Waals surface area contributed by atoms with Crippen molar-refractivity contribution in [1.29, 1.82) is 0 Å². The largest absolute Gasteiger partial charge is 0.366 e. The molecular weight excluding hydrogens is 300 g/mol. The van der Waals surface area contributed by atoms with Gasteiger partial charge in [0.05, 0.1) is 12.6 Å². The fourth-order valence-electron chi connectivity index (χ4n) is 3.33. The molecule has 122 valence electrons. The number of nitrogens with zero attached hydrogens (tertiary/aromatic N) is 2. The Hall–Kier alpha value is -2.66. The molecule has 24 heavy (non-hydrogen) atoms. The van der Waals surface area contributed by atoms with Crippen molar-refractivity contribution in [3.8, 4) is 5.69 Å². The van der Waals surface area contributed by atoms with Gasteiger partial charge in [-0.05, 0) is 49.1 Å². The second-order valence-corrected chi connectivity index (χ2v) is 6.22. The molecule has 1 aliphatic heterocycles. The summed E-state index contributed by atoms with van der Waals surface area (Å²) in [6.07, 6.45) is 2.65. The summed E-state index contributed by atoms with van der Waals surface area (Å²) >= 11 is 0. The van der Waals surface area contributed by atoms with Crippen LogP contribution in [0.1, 0.15) is 36.1 Å². The van der Waals surface area contributed by atoms with Gasteiger partial charge in [0.25, 0.3) is 5.91 Å². The van der Waals surface area contributed by atoms with Gasteiger partial charge in [-0.25, -0.2) is 4.68 Å². The second kappa shape index (κ2) is 6.09. The molecule has 1 saturated heterocycles. The molecule has 1 fully saturated rings. The minimum Gasteiger partial charge on any atom is -0.366 e. The van der Waals surface area contributed by atoms with Gasteiger partial charge < -0.3 is 11.1 Å². The lowest BCUT2D eigenvalue weighted by Gasteiger charge is -2.23. The van der Waals surface area contributed by atoms with E-state index in [1.165, 1.54) is 18.4 Å². The number of hydrogen-bond acceptors (Lipinski definition) is 3. The Morgan fingerprint density at radius 1 is 1.29 bits per heavy atom. The first-order chi connectivity index (χ1) is 12.1. The van der Waals surface area contributed by atoms with Crippen molar-refractivity contribution in [2.75, 3.05) is 13.1 Å². The van der Waals surface area contributed by atoms with Crippen LogP contribution in [0.3, 0.4) is 0 Å². The molecular formula is C19H20N4O. The summed E-state index contributed by atoms with van der Waals surface area (Å²) in [7, 11) is 0. The van der Waals surface area contributed by atoms with E-state index in [9.17, 15) is 4.79 Å². The van der Waals surface area contributed by atoms with Crippen LogP contribution in [-0.2, 0) is 0 Å². The van der Waals surface area contributed by atoms with Gasteiger partial charge in [-0.15, -0.1) is 0 Å². The van der Waals surface area contributed by atoms with E-state index >= 15 is 0 Å². The quantitative estimate of drug-likeness (QED) is 0.779. The molecule has 5 nitrogen and oxygen atoms in total. The van der Waals surface area contributed by atoms with E-state index in [0.29, 0.717) is 22.4 Å². The first kappa shape index (κ1) is 13.7. The maximum atomic E-state index is 11.6. The Bertz CT molecular complexity index is 926. The molecule has 5 heteroatoms. The molecule has 1 aliphatic rings. The minimum absolute atomic E-state index is 0.255. The highest BCUT2D eigenvalue weighted by Crippen LogP contribution is 2.25. The van der Waals surface area contributed by atoms with Crippen molar-refractivity contribution >= 4 is 16.8 Å². The van der Waals surface area contributed by atoms with Crippen molar-refractivity contribution in [2.24, 2.45) is 5.73 Å². The number of primary amides is 1. The smallest absolute Gasteiger partial charge is 0.250 e. The second-order valence-electron chi connectivity index (χ2n) is 6.22. The third-order valence-electron chi connectivity index (χ3n) is 4.63. The highest BCUT2D eigenvalue weighted by atomic mass is 16.1. The minimum atomic E-state index is -0.532. The van der Waals surface area contributed by atoms with Crippen LogP contribution in [0, 0.1) is 0 Å². The lowest BCUT2D eigenvalue weighted by atomic mass is 9.92. The monoisotopic (exact) mass is 321 g/mol. The number of carbonyl (C=O) groups is 1. The average Bonchev–Trinajstić information content (AvgIpc) is 2.99. The summed E-state index contributed by atoms with van der Waals surface area (Å²) in [5.74, 6) is 0.00632. The number of carbonyl (C=O) groups excluding carboxylic acids is 1. The molecule has 1 aromatic heterocycles. The zero-order chi connectivity index (χ0) is 17.4. The van der Waals surface area contributed by atoms with E-state index in [1.54, 1.807) is 22.9 Å². The summed E-state index contributed by atoms with van der Waals surface area (Å²) in [5.41, 5.74) is 8.35. The third-order valence-corrected chi connectivity index (χ3v) is 4.63. The molecule has 0 unspecified atom stereocenters. The van der Waals surface area contributed by atoms with Crippen LogP contribution in [0.15, 0.2) is 48.6 Å². The first-order valence-electron chi connectivity index (χ1n) is 8.74. The molecule has 2 heterocycles. The van der Waals surface area contributed by atoms with E-state index in [-0.39, 0.29) is 6.17 Å². The number of fused-ring (bicyclic) bond motifs is 1. The van der Waals surface area contributed by atoms with Gasteiger partial charge in [-0.2, -0.15) is 5.10 Å². The lowest BCUT2D eigenvalue weighted by Crippen LogP contribution is -2.28. The summed E-state index contributed by atoms with van der Waals surface area (Å²) in [4.78, 5) is 11.6. The molecule has 3 aromatic rings. The normalized spacial score (nSPS) is 18.5. The SMILES string of the molecule is [2H]c1c2cccc(C(N)=O)c2nn1-c1ccc([C@@H]2CCCNC2)cc1. The molecule has 0 radical (unpaired) electrons. The zero-order valence-electron chi connectivity index (χ0n) is 14.3. The molecule has 1 atom stereocenters. The number of aromatic nitrogens is 2. The summed E-state index contributed by atoms with van der Waals surface area (Å²) in [5, 5.41) is 8.52. The van der Waals surface area contributed by atoms with Crippen LogP contribution in [-0.4, -0.2) is 28.8 Å². The fourth-order valence-corrected chi connectivity index (χ4v) is 3.33. The van der Waals surface area contributed by atoms with Gasteiger partial charge in [0.15, 0.2) is 0 Å². The standard InChI is InChI=1S/C19H20N4O/c20-19(24)17-5-1-3-15-12-23(22-18(15)17)16-8-6-13(7-9-16)14-4-2-10-21-11-14/h1,3,5-9,12,14,21H,2,4,10-11H2,(H2,20,24)/t14-/m1/s1/i12D. The van der Waals surface area contributed by atoms with Gasteiger partial charge in [0.1, 0.15) is 5.52 Å². The number of piperidine rings is 1. The van der Waals surface area contributed by atoms with Gasteiger partial charge in [0.2, 0.25) is 0 Å². The molecule has 0 bridgehead atoms. The number of hydrogen-bond donors (Lipinski definition) is 2. The van der Waals surface area contributed by atoms with Crippen molar-refractivity contribution in [3.63, 3.8) is 0 Å². The molecule has 2 aromatic carbocycles. The summed E-state index contributed by atoms with van der Waals surface area (Å²) < 4.78 is 9.94. The average molecular weight is 321 g/mol. The molecule has 0 aliphatic carbocycles. The van der Waals surface area contributed by atoms with Crippen molar-refractivity contribution < 1.29 is 6.17 Å². The van der Waals surface area contributed by atoms with Gasteiger partial charge in [-0.1, -0.05) is 24.3 Å². The van der Waals surface area contributed by atoms with Crippen molar-refractivity contribution in [2.45, 2.75) is 18.8 Å². The van der Waals surface area contributed by atoms with Crippen molar-refractivity contribution in [3.05, 3.63) is 59.8 Å². The highest BCUT2D eigenvalue weighted by Gasteiger charge is 2.15. The van der Waals surface area contributed by atoms with Gasteiger partial charge in [-0.3, -0.25) is 4.79 Å². The third kappa shape index (κ3) is 2.67. The van der Waals surface area contributed by atoms with Crippen LogP contribution in [0.4, 0.5) is 0 Å². The lowest BCUT2D eigenvalue weighted by molar-refractivity contribution is 0.100. The highest BCUT2D eigenvalue weighted by molar-refractivity contribution is 6.04. The van der Waals surface area contributed by atoms with Crippen LogP contribution in [0.2, 0.25) is 0 Å². The molecule has 0 saturated carbocycles. The maximum absolute atomic E-state index is 11.6.